The Morgan fingerprint density at radius 1 is 1.23 bits per heavy atom. The van der Waals surface area contributed by atoms with E-state index < -0.39 is 0 Å². The first kappa shape index (κ1) is 18.4. The van der Waals surface area contributed by atoms with Crippen molar-refractivity contribution in [3.63, 3.8) is 0 Å². The highest BCUT2D eigenvalue weighted by molar-refractivity contribution is 7.13. The monoisotopic (exact) mass is 386 g/mol. The molecule has 0 aliphatic carbocycles. The van der Waals surface area contributed by atoms with Gasteiger partial charge in [-0.1, -0.05) is 23.7 Å². The molecule has 0 fully saturated rings. The van der Waals surface area contributed by atoms with Crippen molar-refractivity contribution in [3.05, 3.63) is 70.2 Å². The standard InChI is InChI=1S/C20H19ClN2O2S/c1-13(2)22-19(24)18-12-26-20(23-18)15-6-8-17(9-7-15)25-11-14-4-3-5-16(21)10-14/h3-10,12-13H,11H2,1-2H3,(H,22,24). The zero-order valence-corrected chi connectivity index (χ0v) is 16.1. The minimum atomic E-state index is -0.149. The molecule has 6 heteroatoms. The van der Waals surface area contributed by atoms with Gasteiger partial charge in [0, 0.05) is 22.0 Å². The topological polar surface area (TPSA) is 51.2 Å². The average Bonchev–Trinajstić information content (AvgIpc) is 3.10. The van der Waals surface area contributed by atoms with Crippen molar-refractivity contribution in [2.45, 2.75) is 26.5 Å². The van der Waals surface area contributed by atoms with Gasteiger partial charge >= 0.3 is 0 Å². The van der Waals surface area contributed by atoms with Gasteiger partial charge in [0.2, 0.25) is 0 Å². The van der Waals surface area contributed by atoms with E-state index >= 15 is 0 Å². The summed E-state index contributed by atoms with van der Waals surface area (Å²) in [5.41, 5.74) is 2.41. The van der Waals surface area contributed by atoms with Gasteiger partial charge in [0.25, 0.3) is 5.91 Å². The molecule has 134 valence electrons. The second kappa shape index (κ2) is 8.34. The number of benzene rings is 2. The first-order valence-corrected chi connectivity index (χ1v) is 9.51. The number of aromatic nitrogens is 1. The van der Waals surface area contributed by atoms with Crippen molar-refractivity contribution < 1.29 is 9.53 Å². The number of hydrogen-bond donors (Lipinski definition) is 1. The second-order valence-electron chi connectivity index (χ2n) is 6.11. The van der Waals surface area contributed by atoms with Crippen LogP contribution < -0.4 is 10.1 Å². The molecule has 3 aromatic rings. The maximum atomic E-state index is 12.0. The highest BCUT2D eigenvalue weighted by atomic mass is 35.5. The van der Waals surface area contributed by atoms with Crippen molar-refractivity contribution in [2.75, 3.05) is 0 Å². The van der Waals surface area contributed by atoms with Crippen LogP contribution in [0, 0.1) is 0 Å². The normalized spacial score (nSPS) is 10.8. The molecule has 2 aromatic carbocycles. The van der Waals surface area contributed by atoms with E-state index in [2.05, 4.69) is 10.3 Å². The number of hydrogen-bond acceptors (Lipinski definition) is 4. The molecule has 0 radical (unpaired) electrons. The lowest BCUT2D eigenvalue weighted by Crippen LogP contribution is -2.30. The fourth-order valence-electron chi connectivity index (χ4n) is 2.33. The number of ether oxygens (including phenoxy) is 1. The first-order valence-electron chi connectivity index (χ1n) is 8.25. The number of nitrogens with zero attached hydrogens (tertiary/aromatic N) is 1. The molecule has 26 heavy (non-hydrogen) atoms. The predicted molar refractivity (Wildman–Crippen MR) is 106 cm³/mol. The lowest BCUT2D eigenvalue weighted by molar-refractivity contribution is 0.0939. The highest BCUT2D eigenvalue weighted by Crippen LogP contribution is 2.26. The summed E-state index contributed by atoms with van der Waals surface area (Å²) < 4.78 is 5.79. The molecule has 0 bridgehead atoms. The maximum Gasteiger partial charge on any atom is 0.270 e. The third kappa shape index (κ3) is 4.84. The molecular formula is C20H19ClN2O2S. The van der Waals surface area contributed by atoms with Crippen LogP contribution in [0.25, 0.3) is 10.6 Å². The molecule has 1 amide bonds. The summed E-state index contributed by atoms with van der Waals surface area (Å²) in [4.78, 5) is 16.4. The Hall–Kier alpha value is -2.37. The van der Waals surface area contributed by atoms with Gasteiger partial charge in [-0.3, -0.25) is 4.79 Å². The van der Waals surface area contributed by atoms with E-state index in [0.29, 0.717) is 17.3 Å². The Bertz CT molecular complexity index is 891. The van der Waals surface area contributed by atoms with Crippen LogP contribution in [0.15, 0.2) is 53.9 Å². The Kier molecular flexibility index (Phi) is 5.91. The second-order valence-corrected chi connectivity index (χ2v) is 7.40. The van der Waals surface area contributed by atoms with Gasteiger partial charge in [-0.15, -0.1) is 11.3 Å². The summed E-state index contributed by atoms with van der Waals surface area (Å²) in [5.74, 6) is 0.618. The Morgan fingerprint density at radius 2 is 2.00 bits per heavy atom. The van der Waals surface area contributed by atoms with Crippen molar-refractivity contribution in [3.8, 4) is 16.3 Å². The average molecular weight is 387 g/mol. The van der Waals surface area contributed by atoms with Crippen LogP contribution in [-0.2, 0) is 6.61 Å². The largest absolute Gasteiger partial charge is 0.489 e. The van der Waals surface area contributed by atoms with Crippen LogP contribution in [-0.4, -0.2) is 16.9 Å². The molecule has 3 rings (SSSR count). The van der Waals surface area contributed by atoms with Gasteiger partial charge in [-0.05, 0) is 55.8 Å². The van der Waals surface area contributed by atoms with E-state index in [-0.39, 0.29) is 11.9 Å². The molecule has 4 nitrogen and oxygen atoms in total. The smallest absolute Gasteiger partial charge is 0.270 e. The van der Waals surface area contributed by atoms with Gasteiger partial charge in [-0.25, -0.2) is 4.98 Å². The van der Waals surface area contributed by atoms with Crippen molar-refractivity contribution in [1.82, 2.24) is 10.3 Å². The number of thiazole rings is 1. The molecular weight excluding hydrogens is 368 g/mol. The Morgan fingerprint density at radius 3 is 2.69 bits per heavy atom. The van der Waals surface area contributed by atoms with Crippen LogP contribution in [0.1, 0.15) is 29.9 Å². The molecule has 0 aliphatic heterocycles. The van der Waals surface area contributed by atoms with E-state index in [1.54, 1.807) is 5.38 Å². The molecule has 0 atom stereocenters. The summed E-state index contributed by atoms with van der Waals surface area (Å²) in [6.07, 6.45) is 0. The van der Waals surface area contributed by atoms with E-state index in [1.807, 2.05) is 62.4 Å². The highest BCUT2D eigenvalue weighted by Gasteiger charge is 2.12. The van der Waals surface area contributed by atoms with Gasteiger partial charge in [-0.2, -0.15) is 0 Å². The van der Waals surface area contributed by atoms with E-state index in [0.717, 1.165) is 21.9 Å². The lowest BCUT2D eigenvalue weighted by atomic mass is 10.2. The van der Waals surface area contributed by atoms with Crippen LogP contribution in [0.5, 0.6) is 5.75 Å². The third-order valence-electron chi connectivity index (χ3n) is 3.55. The predicted octanol–water partition coefficient (Wildman–Crippen LogP) is 5.18. The van der Waals surface area contributed by atoms with Crippen molar-refractivity contribution >= 4 is 28.8 Å². The Labute approximate surface area is 161 Å². The third-order valence-corrected chi connectivity index (χ3v) is 4.68. The minimum absolute atomic E-state index is 0.0866. The van der Waals surface area contributed by atoms with Gasteiger partial charge in [0.15, 0.2) is 0 Å². The van der Waals surface area contributed by atoms with Gasteiger partial charge in [0.05, 0.1) is 0 Å². The molecule has 0 saturated heterocycles. The lowest BCUT2D eigenvalue weighted by Gasteiger charge is -2.07. The summed E-state index contributed by atoms with van der Waals surface area (Å²) in [6, 6.07) is 15.4. The zero-order chi connectivity index (χ0) is 18.5. The van der Waals surface area contributed by atoms with Gasteiger partial charge < -0.3 is 10.1 Å². The number of carbonyl (C=O) groups is 1. The number of nitrogens with one attached hydrogen (secondary N) is 1. The van der Waals surface area contributed by atoms with E-state index in [1.165, 1.54) is 11.3 Å². The first-order chi connectivity index (χ1) is 12.5. The van der Waals surface area contributed by atoms with Crippen LogP contribution in [0.4, 0.5) is 0 Å². The SMILES string of the molecule is CC(C)NC(=O)c1csc(-c2ccc(OCc3cccc(Cl)c3)cc2)n1. The van der Waals surface area contributed by atoms with Crippen molar-refractivity contribution in [1.29, 1.82) is 0 Å². The van der Waals surface area contributed by atoms with Crippen LogP contribution in [0.2, 0.25) is 5.02 Å². The van der Waals surface area contributed by atoms with Crippen LogP contribution in [0.3, 0.4) is 0 Å². The number of halogens is 1. The summed E-state index contributed by atoms with van der Waals surface area (Å²) in [5, 5.41) is 6.12. The number of amides is 1. The Balaban J connectivity index is 1.64. The molecule has 1 N–H and O–H groups in total. The summed E-state index contributed by atoms with van der Waals surface area (Å²) >= 11 is 7.43. The maximum absolute atomic E-state index is 12.0. The van der Waals surface area contributed by atoms with Crippen molar-refractivity contribution in [2.24, 2.45) is 0 Å². The van der Waals surface area contributed by atoms with Gasteiger partial charge in [0.1, 0.15) is 23.1 Å². The fraction of sp³-hybridized carbons (Fsp3) is 0.200. The van der Waals surface area contributed by atoms with E-state index in [9.17, 15) is 4.79 Å². The molecule has 0 aliphatic rings. The zero-order valence-electron chi connectivity index (χ0n) is 14.5. The quantitative estimate of drug-likeness (QED) is 0.635. The van der Waals surface area contributed by atoms with Crippen LogP contribution >= 0.6 is 22.9 Å². The van der Waals surface area contributed by atoms with E-state index in [4.69, 9.17) is 16.3 Å². The molecule has 0 unspecified atom stereocenters. The molecule has 1 heterocycles. The minimum Gasteiger partial charge on any atom is -0.489 e. The molecule has 0 spiro atoms. The summed E-state index contributed by atoms with van der Waals surface area (Å²) in [6.45, 7) is 4.30. The molecule has 0 saturated carbocycles. The number of rotatable bonds is 6. The summed E-state index contributed by atoms with van der Waals surface area (Å²) in [7, 11) is 0. The molecule has 1 aromatic heterocycles. The fourth-order valence-corrected chi connectivity index (χ4v) is 3.35. The number of carbonyl (C=O) groups excluding carboxylic acids is 1.